The van der Waals surface area contributed by atoms with Crippen LogP contribution in [0.3, 0.4) is 0 Å². The minimum Gasteiger partial charge on any atom is -0.355 e. The van der Waals surface area contributed by atoms with Crippen LogP contribution in [0.5, 0.6) is 0 Å². The molecule has 21 heavy (non-hydrogen) atoms. The van der Waals surface area contributed by atoms with E-state index in [9.17, 15) is 18.8 Å². The average Bonchev–Trinajstić information content (AvgIpc) is 2.65. The molecule has 1 N–H and O–H groups in total. The molecule has 0 radical (unpaired) electrons. The summed E-state index contributed by atoms with van der Waals surface area (Å²) in [6, 6.07) is 2.35. The van der Waals surface area contributed by atoms with Crippen molar-refractivity contribution in [1.29, 1.82) is 0 Å². The number of carbonyl (C=O) groups is 3. The standard InChI is InChI=1S/C14H14BrFN2O3/c1-2-3-4-17-12(19)7-18-11-6-10(16)9(15)5-8(11)13(20)14(18)21/h5-6H,2-4,7H2,1H3,(H,17,19). The lowest BCUT2D eigenvalue weighted by Crippen LogP contribution is -2.40. The molecule has 1 aliphatic rings. The fourth-order valence-corrected chi connectivity index (χ4v) is 2.39. The second-order valence-electron chi connectivity index (χ2n) is 4.71. The van der Waals surface area contributed by atoms with Crippen molar-refractivity contribution in [3.8, 4) is 0 Å². The highest BCUT2D eigenvalue weighted by Crippen LogP contribution is 2.33. The molecule has 0 fully saturated rings. The molecule has 1 heterocycles. The van der Waals surface area contributed by atoms with Crippen LogP contribution in [0.1, 0.15) is 30.1 Å². The van der Waals surface area contributed by atoms with Gasteiger partial charge < -0.3 is 5.32 Å². The van der Waals surface area contributed by atoms with Gasteiger partial charge in [-0.2, -0.15) is 0 Å². The highest BCUT2D eigenvalue weighted by atomic mass is 79.9. The number of fused-ring (bicyclic) bond motifs is 1. The summed E-state index contributed by atoms with van der Waals surface area (Å²) in [5, 5.41) is 2.66. The maximum Gasteiger partial charge on any atom is 0.299 e. The SMILES string of the molecule is CCCCNC(=O)CN1C(=O)C(=O)c2cc(Br)c(F)cc21. The third-order valence-electron chi connectivity index (χ3n) is 3.17. The molecule has 0 unspecified atom stereocenters. The molecular formula is C14H14BrFN2O3. The number of benzene rings is 1. The van der Waals surface area contributed by atoms with Crippen LogP contribution in [0.15, 0.2) is 16.6 Å². The molecule has 0 saturated heterocycles. The Morgan fingerprint density at radius 2 is 2.10 bits per heavy atom. The number of halogens is 2. The number of rotatable bonds is 5. The van der Waals surface area contributed by atoms with Gasteiger partial charge in [0.05, 0.1) is 15.7 Å². The molecule has 5 nitrogen and oxygen atoms in total. The molecule has 1 aliphatic heterocycles. The summed E-state index contributed by atoms with van der Waals surface area (Å²) in [6.45, 7) is 2.21. The summed E-state index contributed by atoms with van der Waals surface area (Å²) in [5.74, 6) is -2.51. The first-order valence-corrected chi connectivity index (χ1v) is 7.37. The number of anilines is 1. The number of hydrogen-bond acceptors (Lipinski definition) is 3. The van der Waals surface area contributed by atoms with E-state index in [1.54, 1.807) is 0 Å². The molecule has 2 rings (SSSR count). The number of ketones is 1. The van der Waals surface area contributed by atoms with E-state index in [0.717, 1.165) is 23.8 Å². The Morgan fingerprint density at radius 1 is 1.38 bits per heavy atom. The zero-order valence-electron chi connectivity index (χ0n) is 11.4. The molecule has 0 aromatic heterocycles. The molecule has 2 amide bonds. The van der Waals surface area contributed by atoms with Crippen LogP contribution in [0.2, 0.25) is 0 Å². The number of nitrogens with zero attached hydrogens (tertiary/aromatic N) is 1. The van der Waals surface area contributed by atoms with Crippen molar-refractivity contribution in [2.75, 3.05) is 18.0 Å². The number of Topliss-reactive ketones (excluding diaryl/α,β-unsaturated/α-hetero) is 1. The molecule has 1 aromatic rings. The summed E-state index contributed by atoms with van der Waals surface area (Å²) in [5.41, 5.74) is 0.242. The van der Waals surface area contributed by atoms with Crippen LogP contribution in [0.25, 0.3) is 0 Å². The summed E-state index contributed by atoms with van der Waals surface area (Å²) in [4.78, 5) is 36.5. The van der Waals surface area contributed by atoms with Crippen LogP contribution >= 0.6 is 15.9 Å². The van der Waals surface area contributed by atoms with E-state index < -0.39 is 17.5 Å². The van der Waals surface area contributed by atoms with Gasteiger partial charge >= 0.3 is 0 Å². The normalized spacial score (nSPS) is 13.6. The van der Waals surface area contributed by atoms with Gasteiger partial charge in [-0.1, -0.05) is 13.3 Å². The van der Waals surface area contributed by atoms with Gasteiger partial charge in [-0.3, -0.25) is 19.3 Å². The van der Waals surface area contributed by atoms with Crippen molar-refractivity contribution in [2.45, 2.75) is 19.8 Å². The Hall–Kier alpha value is -1.76. The van der Waals surface area contributed by atoms with Crippen molar-refractivity contribution in [3.63, 3.8) is 0 Å². The monoisotopic (exact) mass is 356 g/mol. The fraction of sp³-hybridized carbons (Fsp3) is 0.357. The quantitative estimate of drug-likeness (QED) is 0.648. The molecule has 0 bridgehead atoms. The Morgan fingerprint density at radius 3 is 2.76 bits per heavy atom. The fourth-order valence-electron chi connectivity index (χ4n) is 2.05. The topological polar surface area (TPSA) is 66.5 Å². The van der Waals surface area contributed by atoms with Gasteiger partial charge in [0.25, 0.3) is 11.7 Å². The summed E-state index contributed by atoms with van der Waals surface area (Å²) < 4.78 is 13.7. The predicted molar refractivity (Wildman–Crippen MR) is 78.7 cm³/mol. The number of carbonyl (C=O) groups excluding carboxylic acids is 3. The van der Waals surface area contributed by atoms with Crippen molar-refractivity contribution in [3.05, 3.63) is 28.0 Å². The Balaban J connectivity index is 2.19. The smallest absolute Gasteiger partial charge is 0.299 e. The van der Waals surface area contributed by atoms with Crippen molar-refractivity contribution >= 4 is 39.2 Å². The number of unbranched alkanes of at least 4 members (excludes halogenated alkanes) is 1. The first-order chi connectivity index (χ1) is 9.95. The molecular weight excluding hydrogens is 343 g/mol. The lowest BCUT2D eigenvalue weighted by molar-refractivity contribution is -0.122. The van der Waals surface area contributed by atoms with Crippen LogP contribution in [0, 0.1) is 5.82 Å². The van der Waals surface area contributed by atoms with Gasteiger partial charge in [0.2, 0.25) is 5.91 Å². The molecule has 0 spiro atoms. The minimum absolute atomic E-state index is 0.106. The Kier molecular flexibility index (Phi) is 4.72. The number of nitrogens with one attached hydrogen (secondary N) is 1. The third-order valence-corrected chi connectivity index (χ3v) is 3.78. The second kappa shape index (κ2) is 6.34. The zero-order chi connectivity index (χ0) is 15.6. The maximum absolute atomic E-state index is 13.6. The predicted octanol–water partition coefficient (Wildman–Crippen LogP) is 2.03. The van der Waals surface area contributed by atoms with Gasteiger partial charge in [0, 0.05) is 6.54 Å². The molecule has 1 aromatic carbocycles. The average molecular weight is 357 g/mol. The molecule has 0 atom stereocenters. The molecule has 0 saturated carbocycles. The van der Waals surface area contributed by atoms with Crippen molar-refractivity contribution in [2.24, 2.45) is 0 Å². The van der Waals surface area contributed by atoms with Crippen LogP contribution < -0.4 is 10.2 Å². The molecule has 0 aliphatic carbocycles. The van der Waals surface area contributed by atoms with Gasteiger partial charge in [-0.15, -0.1) is 0 Å². The summed E-state index contributed by atoms with van der Waals surface area (Å²) in [6.07, 6.45) is 1.76. The number of amides is 2. The largest absolute Gasteiger partial charge is 0.355 e. The summed E-state index contributed by atoms with van der Waals surface area (Å²) in [7, 11) is 0. The Labute approximate surface area is 129 Å². The van der Waals surface area contributed by atoms with E-state index in [0.29, 0.717) is 6.54 Å². The van der Waals surface area contributed by atoms with E-state index >= 15 is 0 Å². The van der Waals surface area contributed by atoms with Gasteiger partial charge in [-0.05, 0) is 34.5 Å². The molecule has 7 heteroatoms. The first-order valence-electron chi connectivity index (χ1n) is 6.57. The number of hydrogen-bond donors (Lipinski definition) is 1. The van der Waals surface area contributed by atoms with E-state index in [2.05, 4.69) is 21.2 Å². The van der Waals surface area contributed by atoms with Crippen LogP contribution in [0.4, 0.5) is 10.1 Å². The minimum atomic E-state index is -0.812. The lowest BCUT2D eigenvalue weighted by Gasteiger charge is -2.16. The lowest BCUT2D eigenvalue weighted by atomic mass is 10.1. The van der Waals surface area contributed by atoms with Crippen molar-refractivity contribution < 1.29 is 18.8 Å². The highest BCUT2D eigenvalue weighted by molar-refractivity contribution is 9.10. The highest BCUT2D eigenvalue weighted by Gasteiger charge is 2.37. The summed E-state index contributed by atoms with van der Waals surface area (Å²) >= 11 is 2.97. The zero-order valence-corrected chi connectivity index (χ0v) is 13.0. The third kappa shape index (κ3) is 3.12. The van der Waals surface area contributed by atoms with E-state index in [4.69, 9.17) is 0 Å². The van der Waals surface area contributed by atoms with Crippen LogP contribution in [-0.2, 0) is 9.59 Å². The Bertz CT molecular complexity index is 618. The van der Waals surface area contributed by atoms with Gasteiger partial charge in [0.15, 0.2) is 0 Å². The van der Waals surface area contributed by atoms with Gasteiger partial charge in [0.1, 0.15) is 12.4 Å². The van der Waals surface area contributed by atoms with Gasteiger partial charge in [-0.25, -0.2) is 4.39 Å². The van der Waals surface area contributed by atoms with Crippen molar-refractivity contribution in [1.82, 2.24) is 5.32 Å². The molecule has 112 valence electrons. The van der Waals surface area contributed by atoms with E-state index in [1.165, 1.54) is 6.07 Å². The van der Waals surface area contributed by atoms with E-state index in [1.807, 2.05) is 6.92 Å². The van der Waals surface area contributed by atoms with E-state index in [-0.39, 0.29) is 28.2 Å². The first kappa shape index (κ1) is 15.6. The second-order valence-corrected chi connectivity index (χ2v) is 5.56. The maximum atomic E-state index is 13.6. The van der Waals surface area contributed by atoms with Crippen LogP contribution in [-0.4, -0.2) is 30.7 Å².